The molecule has 2 saturated carbocycles. The molecule has 2 aromatic rings. The summed E-state index contributed by atoms with van der Waals surface area (Å²) < 4.78 is 4.64. The first kappa shape index (κ1) is 27.9. The zero-order valence-electron chi connectivity index (χ0n) is 19.8. The molecule has 166 valence electrons. The van der Waals surface area contributed by atoms with Crippen molar-refractivity contribution in [3.05, 3.63) is 122 Å². The first-order valence-electron chi connectivity index (χ1n) is 10.9. The summed E-state index contributed by atoms with van der Waals surface area (Å²) in [5, 5.41) is 0. The molecule has 0 atom stereocenters. The largest absolute Gasteiger partial charge is 2.00 e. The monoisotopic (exact) mass is 543 g/mol. The number of benzene rings is 2. The predicted octanol–water partition coefficient (Wildman–Crippen LogP) is 4.44. The molecule has 2 fully saturated rings. The molecule has 10 radical (unpaired) electrons. The Morgan fingerprint density at radius 1 is 0.688 bits per heavy atom. The van der Waals surface area contributed by atoms with Gasteiger partial charge in [0.05, 0.1) is 0 Å². The Morgan fingerprint density at radius 3 is 1.50 bits per heavy atom. The summed E-state index contributed by atoms with van der Waals surface area (Å²) in [7, 11) is 3.00. The second-order valence-electron chi connectivity index (χ2n) is 9.07. The third-order valence-corrected chi connectivity index (χ3v) is 12.5. The molecule has 4 rings (SSSR count). The fraction of sp³-hybridized carbons (Fsp3) is 0.214. The quantitative estimate of drug-likeness (QED) is 0.488. The average molecular weight is 543 g/mol. The van der Waals surface area contributed by atoms with E-state index in [0.717, 1.165) is 6.54 Å². The van der Waals surface area contributed by atoms with Crippen LogP contribution in [0.25, 0.3) is 0 Å². The summed E-state index contributed by atoms with van der Waals surface area (Å²) >= 11 is -1.55. The average Bonchev–Trinajstić information content (AvgIpc) is 3.44. The van der Waals surface area contributed by atoms with Crippen LogP contribution in [0.5, 0.6) is 0 Å². The molecule has 0 spiro atoms. The van der Waals surface area contributed by atoms with Crippen LogP contribution in [-0.4, -0.2) is 48.3 Å². The molecule has 2 aliphatic carbocycles. The van der Waals surface area contributed by atoms with E-state index in [9.17, 15) is 0 Å². The van der Waals surface area contributed by atoms with Gasteiger partial charge >= 0.3 is 183 Å². The first-order valence-corrected chi connectivity index (χ1v) is 17.2. The van der Waals surface area contributed by atoms with Crippen LogP contribution in [0.2, 0.25) is 19.6 Å². The van der Waals surface area contributed by atoms with E-state index in [0.29, 0.717) is 0 Å². The molecule has 1 nitrogen and oxygen atoms in total. The van der Waals surface area contributed by atoms with Crippen molar-refractivity contribution in [1.29, 1.82) is 0 Å². The molecule has 0 amide bonds. The minimum atomic E-state index is -1.55. The summed E-state index contributed by atoms with van der Waals surface area (Å²) in [5.41, 5.74) is 1.63. The van der Waals surface area contributed by atoms with Crippen LogP contribution >= 0.6 is 0 Å². The van der Waals surface area contributed by atoms with Crippen molar-refractivity contribution in [2.45, 2.75) is 19.6 Å². The second-order valence-corrected chi connectivity index (χ2v) is 18.7. The normalized spacial score (nSPS) is 18.0. The molecule has 32 heavy (non-hydrogen) atoms. The van der Waals surface area contributed by atoms with Gasteiger partial charge in [-0.05, 0) is 32.1 Å². The Kier molecular flexibility index (Phi) is 11.8. The van der Waals surface area contributed by atoms with Crippen LogP contribution in [-0.2, 0) is 17.1 Å². The minimum Gasteiger partial charge on any atom is -0.0312 e. The van der Waals surface area contributed by atoms with Gasteiger partial charge in [-0.15, -0.1) is 0 Å². The van der Waals surface area contributed by atoms with E-state index in [2.05, 4.69) is 112 Å². The topological polar surface area (TPSA) is 3.24 Å². The van der Waals surface area contributed by atoms with Gasteiger partial charge in [-0.25, -0.2) is 0 Å². The van der Waals surface area contributed by atoms with E-state index in [4.69, 9.17) is 0 Å². The van der Waals surface area contributed by atoms with Gasteiger partial charge in [0.1, 0.15) is 0 Å². The zero-order valence-corrected chi connectivity index (χ0v) is 23.8. The smallest absolute Gasteiger partial charge is 0.0312 e. The minimum absolute atomic E-state index is 0. The zero-order chi connectivity index (χ0) is 22.3. The van der Waals surface area contributed by atoms with E-state index in [1.54, 1.807) is 16.2 Å². The van der Waals surface area contributed by atoms with Gasteiger partial charge in [0.15, 0.2) is 0 Å². The van der Waals surface area contributed by atoms with Crippen LogP contribution in [0.1, 0.15) is 0 Å². The molecule has 0 unspecified atom stereocenters. The molecule has 0 heterocycles. The molecule has 4 heteroatoms. The van der Waals surface area contributed by atoms with Crippen LogP contribution in [0.15, 0.2) is 60.7 Å². The van der Waals surface area contributed by atoms with Crippen LogP contribution < -0.4 is 8.70 Å². The fourth-order valence-corrected chi connectivity index (χ4v) is 10.9. The van der Waals surface area contributed by atoms with Crippen LogP contribution in [0.3, 0.4) is 0 Å². The number of rotatable bonds is 6. The number of hydrogen-bond acceptors (Lipinski definition) is 1. The summed E-state index contributed by atoms with van der Waals surface area (Å²) in [6, 6.07) is 22.3. The van der Waals surface area contributed by atoms with Crippen LogP contribution in [0, 0.1) is 61.1 Å². The fourth-order valence-electron chi connectivity index (χ4n) is 3.80. The van der Waals surface area contributed by atoms with Crippen molar-refractivity contribution in [2.24, 2.45) is 0 Å². The van der Waals surface area contributed by atoms with Gasteiger partial charge in [-0.1, -0.05) is 0 Å². The second kappa shape index (κ2) is 13.5. The van der Waals surface area contributed by atoms with Crippen molar-refractivity contribution >= 4 is 31.4 Å². The molecule has 0 aromatic heterocycles. The summed E-state index contributed by atoms with van der Waals surface area (Å²) in [6.07, 6.45) is 14.9. The molecular weight excluding hydrogens is 509 g/mol. The van der Waals surface area contributed by atoms with E-state index >= 15 is 0 Å². The molecule has 0 N–H and O–H groups in total. The van der Waals surface area contributed by atoms with E-state index in [1.165, 1.54) is 8.70 Å². The number of hydrogen-bond donors (Lipinski definition) is 0. The number of nitrogens with zero attached hydrogens (tertiary/aromatic N) is 1. The molecule has 0 bridgehead atoms. The van der Waals surface area contributed by atoms with Crippen LogP contribution in [0.4, 0.5) is 0 Å². The maximum Gasteiger partial charge on any atom is 2.00 e. The Morgan fingerprint density at radius 2 is 1.12 bits per heavy atom. The summed E-state index contributed by atoms with van der Waals surface area (Å²) in [5.74, 6) is 1.60. The van der Waals surface area contributed by atoms with Gasteiger partial charge in [0.25, 0.3) is 0 Å². The maximum absolute atomic E-state index is 2.47. The van der Waals surface area contributed by atoms with Crippen molar-refractivity contribution < 1.29 is 17.1 Å². The van der Waals surface area contributed by atoms with Gasteiger partial charge in [-0.2, -0.15) is 0 Å². The Balaban J connectivity index is 0.000000534. The maximum atomic E-state index is 2.47. The Hall–Kier alpha value is -0.305. The SMILES string of the molecule is CN(C)C[C]1[C]([As](c2ccccc2)c2ccccc2)[CH][CH][C]1[Si](C)(C)C.[CH]1[CH][CH][CH][CH]1.[Fe+2]. The molecule has 0 aliphatic heterocycles. The third-order valence-electron chi connectivity index (χ3n) is 5.15. The first-order chi connectivity index (χ1) is 14.9. The molecule has 2 aromatic carbocycles. The standard InChI is InChI=1S/C23H29AsNSi.C5H5.Fe/c1-25(2)18-21-22(16-17-23(21)26(3,4)5)24(19-12-8-6-9-13-19)20-14-10-7-11-15-20;1-2-4-5-3-1;/h6-17H,18H2,1-5H3;1-5H;/q;;+2. The van der Waals surface area contributed by atoms with E-state index < -0.39 is 22.7 Å². The van der Waals surface area contributed by atoms with E-state index in [1.807, 2.05) is 32.1 Å². The molecule has 2 aliphatic rings. The van der Waals surface area contributed by atoms with Gasteiger partial charge in [0.2, 0.25) is 0 Å². The predicted molar refractivity (Wildman–Crippen MR) is 140 cm³/mol. The van der Waals surface area contributed by atoms with Crippen molar-refractivity contribution in [3.8, 4) is 0 Å². The third kappa shape index (κ3) is 7.88. The van der Waals surface area contributed by atoms with Crippen molar-refractivity contribution in [1.82, 2.24) is 4.90 Å². The summed E-state index contributed by atoms with van der Waals surface area (Å²) in [6.45, 7) is 8.43. The summed E-state index contributed by atoms with van der Waals surface area (Å²) in [4.78, 5) is 2.32. The van der Waals surface area contributed by atoms with Gasteiger partial charge in [0, 0.05) is 0 Å². The Bertz CT molecular complexity index is 711. The van der Waals surface area contributed by atoms with Crippen molar-refractivity contribution in [2.75, 3.05) is 20.6 Å². The molecule has 0 saturated heterocycles. The van der Waals surface area contributed by atoms with Gasteiger partial charge < -0.3 is 0 Å². The molecular formula is C28H34AsFeNSi+2. The van der Waals surface area contributed by atoms with Gasteiger partial charge in [-0.3, -0.25) is 0 Å². The van der Waals surface area contributed by atoms with E-state index in [-0.39, 0.29) is 17.1 Å². The Labute approximate surface area is 214 Å². The van der Waals surface area contributed by atoms with Crippen molar-refractivity contribution in [3.63, 3.8) is 0 Å².